The van der Waals surface area contributed by atoms with Gasteiger partial charge in [-0.1, -0.05) is 0 Å². The maximum Gasteiger partial charge on any atom is 0.283 e. The zero-order chi connectivity index (χ0) is 33.8. The molecule has 0 saturated carbocycles. The van der Waals surface area contributed by atoms with Gasteiger partial charge in [-0.2, -0.15) is 0 Å². The number of anilines is 3. The van der Waals surface area contributed by atoms with Crippen LogP contribution in [-0.2, 0) is 31.2 Å². The number of aryl methyl sites for hydroxylation is 2. The van der Waals surface area contributed by atoms with E-state index in [0.29, 0.717) is 52.3 Å². The molecule has 2 N–H and O–H groups in total. The number of aromatic nitrogens is 5. The number of hydrogen-bond donors (Lipinski definition) is 2. The van der Waals surface area contributed by atoms with Gasteiger partial charge in [0.15, 0.2) is 5.82 Å². The summed E-state index contributed by atoms with van der Waals surface area (Å²) in [5, 5.41) is 13.8. The second-order valence-corrected chi connectivity index (χ2v) is 13.3. The maximum atomic E-state index is 15.5. The molecule has 0 spiro atoms. The number of aliphatic hydroxyl groups is 1. The van der Waals surface area contributed by atoms with Crippen LogP contribution < -0.4 is 21.3 Å². The SMILES string of the molecule is C[C@H]1CN(C2COC2)CCN1c1ccc(Nc2cc(-c3ccnc(-n4ccn5c6c(c(F)c5c4=O)CCCC6)c3CO)cn(C)c2=O)nc1. The van der Waals surface area contributed by atoms with Gasteiger partial charge < -0.3 is 29.0 Å². The van der Waals surface area contributed by atoms with Crippen LogP contribution in [0.4, 0.5) is 21.6 Å². The van der Waals surface area contributed by atoms with Crippen molar-refractivity contribution in [3.05, 3.63) is 98.6 Å². The molecule has 254 valence electrons. The highest BCUT2D eigenvalue weighted by atomic mass is 19.1. The first-order valence-corrected chi connectivity index (χ1v) is 16.9. The van der Waals surface area contributed by atoms with Gasteiger partial charge in [-0.05, 0) is 62.4 Å². The van der Waals surface area contributed by atoms with E-state index in [1.807, 2.05) is 18.3 Å². The highest BCUT2D eigenvalue weighted by Gasteiger charge is 2.32. The lowest BCUT2D eigenvalue weighted by Crippen LogP contribution is -2.59. The summed E-state index contributed by atoms with van der Waals surface area (Å²) in [5.41, 5.74) is 3.52. The molecule has 1 atom stereocenters. The molecule has 13 heteroatoms. The Kier molecular flexibility index (Phi) is 8.05. The fraction of sp³-hybridized carbons (Fsp3) is 0.389. The lowest BCUT2D eigenvalue weighted by molar-refractivity contribution is -0.0691. The van der Waals surface area contributed by atoms with Crippen molar-refractivity contribution in [1.29, 1.82) is 0 Å². The average Bonchev–Trinajstić information content (AvgIpc) is 3.38. The summed E-state index contributed by atoms with van der Waals surface area (Å²) >= 11 is 0. The van der Waals surface area contributed by atoms with Gasteiger partial charge in [0.1, 0.15) is 22.8 Å². The second kappa shape index (κ2) is 12.6. The molecule has 12 nitrogen and oxygen atoms in total. The monoisotopic (exact) mass is 666 g/mol. The third kappa shape index (κ3) is 5.42. The van der Waals surface area contributed by atoms with Crippen LogP contribution in [0.1, 0.15) is 36.6 Å². The largest absolute Gasteiger partial charge is 0.392 e. The van der Waals surface area contributed by atoms with Crippen LogP contribution in [0.5, 0.6) is 0 Å². The molecule has 0 bridgehead atoms. The summed E-state index contributed by atoms with van der Waals surface area (Å²) < 4.78 is 25.3. The van der Waals surface area contributed by atoms with E-state index >= 15 is 4.39 Å². The van der Waals surface area contributed by atoms with Crippen molar-refractivity contribution in [2.75, 3.05) is 43.1 Å². The fourth-order valence-electron chi connectivity index (χ4n) is 7.59. The van der Waals surface area contributed by atoms with Crippen molar-refractivity contribution >= 4 is 22.7 Å². The van der Waals surface area contributed by atoms with Crippen LogP contribution in [0.2, 0.25) is 0 Å². The molecule has 8 rings (SSSR count). The molecule has 0 radical (unpaired) electrons. The molecule has 7 heterocycles. The smallest absolute Gasteiger partial charge is 0.283 e. The molecule has 49 heavy (non-hydrogen) atoms. The third-order valence-corrected chi connectivity index (χ3v) is 10.3. The molecule has 5 aromatic heterocycles. The Bertz CT molecular complexity index is 2170. The third-order valence-electron chi connectivity index (χ3n) is 10.3. The van der Waals surface area contributed by atoms with E-state index in [1.165, 1.54) is 9.13 Å². The van der Waals surface area contributed by atoms with Gasteiger partial charge in [0.2, 0.25) is 0 Å². The van der Waals surface area contributed by atoms with E-state index in [9.17, 15) is 14.7 Å². The van der Waals surface area contributed by atoms with Gasteiger partial charge in [0.05, 0.1) is 37.7 Å². The number of fused-ring (bicyclic) bond motifs is 3. The normalized spacial score (nSPS) is 18.4. The molecule has 3 aliphatic rings. The standard InChI is InChI=1S/C36H39FN8O4/c1-22-17-42(25-20-49-21-25)11-12-43(22)24-7-8-31(39-16-24)40-29-15-23(18-41(2)35(29)47)26-9-10-38-34(28(26)19-46)45-14-13-44-30-6-4-3-5-27(30)32(37)33(44)36(45)48/h7-10,13-16,18,22,25,46H,3-6,11-12,17,19-21H2,1-2H3,(H,39,40)/t22-/m0/s1. The van der Waals surface area contributed by atoms with Crippen LogP contribution in [0.15, 0.2) is 64.8 Å². The van der Waals surface area contributed by atoms with Crippen molar-refractivity contribution in [2.45, 2.75) is 51.3 Å². The quantitative estimate of drug-likeness (QED) is 0.269. The van der Waals surface area contributed by atoms with Crippen LogP contribution in [-0.4, -0.2) is 78.4 Å². The highest BCUT2D eigenvalue weighted by molar-refractivity contribution is 5.73. The minimum absolute atomic E-state index is 0.0157. The maximum absolute atomic E-state index is 15.5. The number of piperazine rings is 1. The predicted octanol–water partition coefficient (Wildman–Crippen LogP) is 3.41. The van der Waals surface area contributed by atoms with E-state index < -0.39 is 18.0 Å². The van der Waals surface area contributed by atoms with Crippen LogP contribution in [0.25, 0.3) is 22.5 Å². The molecule has 5 aromatic rings. The Hall–Kier alpha value is -4.85. The molecule has 2 fully saturated rings. The molecular formula is C36H39FN8O4. The summed E-state index contributed by atoms with van der Waals surface area (Å²) in [4.78, 5) is 40.9. The molecule has 0 amide bonds. The molecule has 2 aliphatic heterocycles. The first-order valence-electron chi connectivity index (χ1n) is 16.9. The first kappa shape index (κ1) is 31.4. The lowest BCUT2D eigenvalue weighted by atomic mass is 9.98. The van der Waals surface area contributed by atoms with Crippen molar-refractivity contribution in [3.63, 3.8) is 0 Å². The second-order valence-electron chi connectivity index (χ2n) is 13.3. The van der Waals surface area contributed by atoms with E-state index in [4.69, 9.17) is 4.74 Å². The zero-order valence-electron chi connectivity index (χ0n) is 27.6. The molecule has 1 aliphatic carbocycles. The number of hydrogen-bond acceptors (Lipinski definition) is 9. The van der Waals surface area contributed by atoms with Gasteiger partial charge in [0, 0.05) is 79.9 Å². The van der Waals surface area contributed by atoms with Gasteiger partial charge in [-0.25, -0.2) is 14.4 Å². The van der Waals surface area contributed by atoms with Gasteiger partial charge in [-0.3, -0.25) is 19.1 Å². The van der Waals surface area contributed by atoms with Crippen molar-refractivity contribution in [3.8, 4) is 16.9 Å². The Labute approximate surface area is 282 Å². The van der Waals surface area contributed by atoms with Crippen LogP contribution >= 0.6 is 0 Å². The summed E-state index contributed by atoms with van der Waals surface area (Å²) in [6.45, 7) is 6.25. The summed E-state index contributed by atoms with van der Waals surface area (Å²) in [5.74, 6) is 0.232. The number of pyridine rings is 3. The van der Waals surface area contributed by atoms with E-state index in [1.54, 1.807) is 48.4 Å². The highest BCUT2D eigenvalue weighted by Crippen LogP contribution is 2.31. The minimum atomic E-state index is -0.546. The number of aliphatic hydroxyl groups excluding tert-OH is 1. The predicted molar refractivity (Wildman–Crippen MR) is 184 cm³/mol. The van der Waals surface area contributed by atoms with E-state index in [-0.39, 0.29) is 16.9 Å². The summed E-state index contributed by atoms with van der Waals surface area (Å²) in [6, 6.07) is 8.16. The Morgan fingerprint density at radius 2 is 1.90 bits per heavy atom. The topological polar surface area (TPSA) is 122 Å². The van der Waals surface area contributed by atoms with E-state index in [2.05, 4.69) is 32.0 Å². The Morgan fingerprint density at radius 3 is 2.63 bits per heavy atom. The van der Waals surface area contributed by atoms with Crippen molar-refractivity contribution in [1.82, 2.24) is 28.4 Å². The molecule has 0 unspecified atom stereocenters. The number of halogens is 1. The van der Waals surface area contributed by atoms with Crippen molar-refractivity contribution < 1.29 is 14.2 Å². The van der Waals surface area contributed by atoms with Crippen LogP contribution in [0, 0.1) is 5.82 Å². The molecule has 0 aromatic carbocycles. The van der Waals surface area contributed by atoms with Gasteiger partial charge >= 0.3 is 0 Å². The van der Waals surface area contributed by atoms with E-state index in [0.717, 1.165) is 63.5 Å². The minimum Gasteiger partial charge on any atom is -0.392 e. The summed E-state index contributed by atoms with van der Waals surface area (Å²) in [6.07, 6.45) is 11.5. The summed E-state index contributed by atoms with van der Waals surface area (Å²) in [7, 11) is 1.65. The number of ether oxygens (including phenoxy) is 1. The van der Waals surface area contributed by atoms with Crippen molar-refractivity contribution in [2.24, 2.45) is 7.05 Å². The zero-order valence-corrected chi connectivity index (χ0v) is 27.6. The number of nitrogens with zero attached hydrogens (tertiary/aromatic N) is 7. The van der Waals surface area contributed by atoms with Crippen LogP contribution in [0.3, 0.4) is 0 Å². The molecule has 2 saturated heterocycles. The number of nitrogens with one attached hydrogen (secondary N) is 1. The number of rotatable bonds is 7. The van der Waals surface area contributed by atoms with Gasteiger partial charge in [-0.15, -0.1) is 0 Å². The average molecular weight is 667 g/mol. The Balaban J connectivity index is 1.09. The van der Waals surface area contributed by atoms with Gasteiger partial charge in [0.25, 0.3) is 11.1 Å². The molecular weight excluding hydrogens is 627 g/mol. The Morgan fingerprint density at radius 1 is 1.06 bits per heavy atom. The first-order chi connectivity index (χ1) is 23.8. The lowest BCUT2D eigenvalue weighted by Gasteiger charge is -2.46. The fourth-order valence-corrected chi connectivity index (χ4v) is 7.59.